The van der Waals surface area contributed by atoms with Crippen LogP contribution in [-0.4, -0.2) is 48.2 Å². The normalized spacial score (nSPS) is 12.0. The molecule has 0 aliphatic heterocycles. The standard InChI is InChI=1S/C17H25NO5/c1-12(2)9-18(10-16(19)20)17(21)13(3)23-11-14-6-5-7-15(8-14)22-4/h5-8,12-13H,9-11H2,1-4H3,(H,19,20). The van der Waals surface area contributed by atoms with Gasteiger partial charge in [0.05, 0.1) is 13.7 Å². The summed E-state index contributed by atoms with van der Waals surface area (Å²) in [4.78, 5) is 24.6. The summed E-state index contributed by atoms with van der Waals surface area (Å²) in [7, 11) is 1.59. The summed E-state index contributed by atoms with van der Waals surface area (Å²) >= 11 is 0. The number of benzene rings is 1. The summed E-state index contributed by atoms with van der Waals surface area (Å²) in [5.41, 5.74) is 0.887. The summed E-state index contributed by atoms with van der Waals surface area (Å²) in [5.74, 6) is -0.440. The summed E-state index contributed by atoms with van der Waals surface area (Å²) in [6.45, 7) is 5.83. The van der Waals surface area contributed by atoms with Gasteiger partial charge in [-0.25, -0.2) is 0 Å². The number of methoxy groups -OCH3 is 1. The van der Waals surface area contributed by atoms with Gasteiger partial charge in [-0.1, -0.05) is 26.0 Å². The van der Waals surface area contributed by atoms with E-state index in [9.17, 15) is 9.59 Å². The van der Waals surface area contributed by atoms with Crippen LogP contribution in [0.5, 0.6) is 5.75 Å². The van der Waals surface area contributed by atoms with Crippen LogP contribution in [0.3, 0.4) is 0 Å². The molecule has 6 nitrogen and oxygen atoms in total. The van der Waals surface area contributed by atoms with E-state index in [1.807, 2.05) is 38.1 Å². The first-order chi connectivity index (χ1) is 10.8. The zero-order valence-electron chi connectivity index (χ0n) is 14.1. The van der Waals surface area contributed by atoms with Crippen LogP contribution in [0.15, 0.2) is 24.3 Å². The quantitative estimate of drug-likeness (QED) is 0.754. The van der Waals surface area contributed by atoms with Crippen LogP contribution >= 0.6 is 0 Å². The molecule has 0 saturated carbocycles. The zero-order valence-corrected chi connectivity index (χ0v) is 14.1. The first-order valence-corrected chi connectivity index (χ1v) is 7.58. The van der Waals surface area contributed by atoms with E-state index in [0.717, 1.165) is 11.3 Å². The third kappa shape index (κ3) is 6.69. The minimum Gasteiger partial charge on any atom is -0.497 e. The highest BCUT2D eigenvalue weighted by molar-refractivity contribution is 5.84. The zero-order chi connectivity index (χ0) is 17.4. The minimum absolute atomic E-state index is 0.184. The van der Waals surface area contributed by atoms with Crippen molar-refractivity contribution in [2.24, 2.45) is 5.92 Å². The number of aliphatic carboxylic acids is 1. The van der Waals surface area contributed by atoms with E-state index in [4.69, 9.17) is 14.6 Å². The summed E-state index contributed by atoms with van der Waals surface area (Å²) < 4.78 is 10.7. The van der Waals surface area contributed by atoms with Gasteiger partial charge in [0.1, 0.15) is 18.4 Å². The molecular weight excluding hydrogens is 298 g/mol. The molecule has 1 rings (SSSR count). The Labute approximate surface area is 137 Å². The molecule has 0 aliphatic carbocycles. The second kappa shape index (κ2) is 9.15. The smallest absolute Gasteiger partial charge is 0.323 e. The number of hydrogen-bond donors (Lipinski definition) is 1. The van der Waals surface area contributed by atoms with Crippen molar-refractivity contribution >= 4 is 11.9 Å². The highest BCUT2D eigenvalue weighted by atomic mass is 16.5. The number of nitrogens with zero attached hydrogens (tertiary/aromatic N) is 1. The van der Waals surface area contributed by atoms with Crippen molar-refractivity contribution in [3.63, 3.8) is 0 Å². The third-order valence-corrected chi connectivity index (χ3v) is 3.21. The molecule has 6 heteroatoms. The molecular formula is C17H25NO5. The molecule has 128 valence electrons. The number of carboxylic acid groups (broad SMARTS) is 1. The van der Waals surface area contributed by atoms with Gasteiger partial charge in [0.25, 0.3) is 5.91 Å². The molecule has 1 atom stereocenters. The average Bonchev–Trinajstić information content (AvgIpc) is 2.50. The molecule has 0 bridgehead atoms. The van der Waals surface area contributed by atoms with Crippen molar-refractivity contribution < 1.29 is 24.2 Å². The molecule has 0 radical (unpaired) electrons. The van der Waals surface area contributed by atoms with Gasteiger partial charge in [0, 0.05) is 6.54 Å². The second-order valence-electron chi connectivity index (χ2n) is 5.81. The van der Waals surface area contributed by atoms with Gasteiger partial charge in [-0.3, -0.25) is 9.59 Å². The predicted molar refractivity (Wildman–Crippen MR) is 86.3 cm³/mol. The number of carboxylic acids is 1. The average molecular weight is 323 g/mol. The molecule has 0 aliphatic rings. The molecule has 23 heavy (non-hydrogen) atoms. The lowest BCUT2D eigenvalue weighted by Gasteiger charge is -2.26. The highest BCUT2D eigenvalue weighted by Gasteiger charge is 2.23. The van der Waals surface area contributed by atoms with Crippen LogP contribution in [0.1, 0.15) is 26.3 Å². The van der Waals surface area contributed by atoms with Crippen LogP contribution in [0, 0.1) is 5.92 Å². The lowest BCUT2D eigenvalue weighted by molar-refractivity contribution is -0.151. The van der Waals surface area contributed by atoms with Gasteiger partial charge in [-0.15, -0.1) is 0 Å². The van der Waals surface area contributed by atoms with Gasteiger partial charge in [-0.2, -0.15) is 0 Å². The molecule has 0 heterocycles. The summed E-state index contributed by atoms with van der Waals surface area (Å²) in [6, 6.07) is 7.39. The van der Waals surface area contributed by atoms with Crippen molar-refractivity contribution in [2.45, 2.75) is 33.5 Å². The molecule has 1 N–H and O–H groups in total. The monoisotopic (exact) mass is 323 g/mol. The highest BCUT2D eigenvalue weighted by Crippen LogP contribution is 2.14. The Morgan fingerprint density at radius 3 is 2.52 bits per heavy atom. The number of amides is 1. The van der Waals surface area contributed by atoms with Gasteiger partial charge in [-0.05, 0) is 30.5 Å². The van der Waals surface area contributed by atoms with E-state index in [1.165, 1.54) is 4.90 Å². The molecule has 0 fully saturated rings. The molecule has 0 saturated heterocycles. The van der Waals surface area contributed by atoms with Crippen LogP contribution in [0.25, 0.3) is 0 Å². The maximum absolute atomic E-state index is 12.4. The van der Waals surface area contributed by atoms with Crippen LogP contribution in [0.2, 0.25) is 0 Å². The van der Waals surface area contributed by atoms with E-state index in [-0.39, 0.29) is 25.0 Å². The summed E-state index contributed by atoms with van der Waals surface area (Å²) in [6.07, 6.45) is -0.709. The van der Waals surface area contributed by atoms with Crippen molar-refractivity contribution in [1.29, 1.82) is 0 Å². The topological polar surface area (TPSA) is 76.1 Å². The van der Waals surface area contributed by atoms with E-state index < -0.39 is 12.1 Å². The maximum atomic E-state index is 12.4. The predicted octanol–water partition coefficient (Wildman–Crippen LogP) is 2.17. The lowest BCUT2D eigenvalue weighted by Crippen LogP contribution is -2.43. The maximum Gasteiger partial charge on any atom is 0.323 e. The summed E-state index contributed by atoms with van der Waals surface area (Å²) in [5, 5.41) is 8.94. The fraction of sp³-hybridized carbons (Fsp3) is 0.529. The van der Waals surface area contributed by atoms with Crippen molar-refractivity contribution in [2.75, 3.05) is 20.2 Å². The Bertz CT molecular complexity index is 529. The van der Waals surface area contributed by atoms with E-state index in [0.29, 0.717) is 6.54 Å². The largest absolute Gasteiger partial charge is 0.497 e. The number of carbonyl (C=O) groups is 2. The van der Waals surface area contributed by atoms with Gasteiger partial charge in [0.15, 0.2) is 0 Å². The van der Waals surface area contributed by atoms with Crippen molar-refractivity contribution in [3.8, 4) is 5.75 Å². The van der Waals surface area contributed by atoms with Gasteiger partial charge >= 0.3 is 5.97 Å². The van der Waals surface area contributed by atoms with E-state index in [2.05, 4.69) is 0 Å². The SMILES string of the molecule is COc1cccc(COC(C)C(=O)N(CC(=O)O)CC(C)C)c1. The van der Waals surface area contributed by atoms with Crippen molar-refractivity contribution in [3.05, 3.63) is 29.8 Å². The van der Waals surface area contributed by atoms with Crippen molar-refractivity contribution in [1.82, 2.24) is 4.90 Å². The first kappa shape index (κ1) is 19.0. The molecule has 1 aromatic rings. The van der Waals surface area contributed by atoms with Crippen LogP contribution in [-0.2, 0) is 20.9 Å². The minimum atomic E-state index is -1.03. The fourth-order valence-electron chi connectivity index (χ4n) is 2.15. The molecule has 1 unspecified atom stereocenters. The van der Waals surface area contributed by atoms with Crippen LogP contribution < -0.4 is 4.74 Å². The van der Waals surface area contributed by atoms with Gasteiger partial charge in [0.2, 0.25) is 0 Å². The van der Waals surface area contributed by atoms with E-state index in [1.54, 1.807) is 14.0 Å². The Balaban J connectivity index is 2.64. The third-order valence-electron chi connectivity index (χ3n) is 3.21. The molecule has 0 spiro atoms. The fourth-order valence-corrected chi connectivity index (χ4v) is 2.15. The molecule has 0 aromatic heterocycles. The molecule has 1 amide bonds. The van der Waals surface area contributed by atoms with Crippen LogP contribution in [0.4, 0.5) is 0 Å². The van der Waals surface area contributed by atoms with E-state index >= 15 is 0 Å². The Morgan fingerprint density at radius 2 is 1.96 bits per heavy atom. The first-order valence-electron chi connectivity index (χ1n) is 7.58. The second-order valence-corrected chi connectivity index (χ2v) is 5.81. The number of ether oxygens (including phenoxy) is 2. The van der Waals surface area contributed by atoms with Gasteiger partial charge < -0.3 is 19.5 Å². The number of carbonyl (C=O) groups excluding carboxylic acids is 1. The Kier molecular flexibility index (Phi) is 7.54. The lowest BCUT2D eigenvalue weighted by atomic mass is 10.2. The molecule has 1 aromatic carbocycles. The number of hydrogen-bond acceptors (Lipinski definition) is 4. The Morgan fingerprint density at radius 1 is 1.26 bits per heavy atom. The Hall–Kier alpha value is -2.08. The number of rotatable bonds is 9.